The predicted molar refractivity (Wildman–Crippen MR) is 68.6 cm³/mol. The minimum atomic E-state index is 0.390. The molecule has 1 aromatic heterocycles. The normalized spacial score (nSPS) is 13.2. The number of hydrogen-bond donors (Lipinski definition) is 1. The maximum Gasteiger partial charge on any atom is 0.165 e. The van der Waals surface area contributed by atoms with Crippen LogP contribution < -0.4 is 5.32 Å². The van der Waals surface area contributed by atoms with E-state index in [1.54, 1.807) is 0 Å². The number of tetrazole rings is 1. The lowest BCUT2D eigenvalue weighted by molar-refractivity contribution is 0.411. The van der Waals surface area contributed by atoms with Gasteiger partial charge in [-0.05, 0) is 36.2 Å². The molecule has 5 nitrogen and oxygen atoms in total. The summed E-state index contributed by atoms with van der Waals surface area (Å²) in [7, 11) is 0. The average Bonchev–Trinajstić information content (AvgIpc) is 2.73. The van der Waals surface area contributed by atoms with Gasteiger partial charge in [0.15, 0.2) is 5.82 Å². The van der Waals surface area contributed by atoms with Gasteiger partial charge < -0.3 is 5.32 Å². The molecule has 0 saturated heterocycles. The SMILES string of the molecule is CCCCC(C)n1nnnc1CNCC(C)C. The van der Waals surface area contributed by atoms with Crippen molar-refractivity contribution in [2.75, 3.05) is 6.54 Å². The maximum atomic E-state index is 4.08. The van der Waals surface area contributed by atoms with Crippen molar-refractivity contribution in [3.05, 3.63) is 5.82 Å². The zero-order valence-electron chi connectivity index (χ0n) is 11.5. The average molecular weight is 239 g/mol. The highest BCUT2D eigenvalue weighted by atomic mass is 15.6. The first-order valence-electron chi connectivity index (χ1n) is 6.62. The molecule has 1 rings (SSSR count). The number of rotatable bonds is 8. The van der Waals surface area contributed by atoms with Gasteiger partial charge in [0.2, 0.25) is 0 Å². The van der Waals surface area contributed by atoms with Crippen molar-refractivity contribution in [2.45, 2.75) is 59.5 Å². The number of nitrogens with zero attached hydrogens (tertiary/aromatic N) is 4. The quantitative estimate of drug-likeness (QED) is 0.755. The van der Waals surface area contributed by atoms with Crippen LogP contribution in [-0.2, 0) is 6.54 Å². The van der Waals surface area contributed by atoms with Crippen LogP contribution >= 0.6 is 0 Å². The maximum absolute atomic E-state index is 4.08. The van der Waals surface area contributed by atoms with Crippen molar-refractivity contribution in [1.82, 2.24) is 25.5 Å². The minimum absolute atomic E-state index is 0.390. The molecule has 0 aliphatic carbocycles. The van der Waals surface area contributed by atoms with Crippen molar-refractivity contribution in [2.24, 2.45) is 5.92 Å². The molecule has 0 bridgehead atoms. The van der Waals surface area contributed by atoms with Crippen molar-refractivity contribution < 1.29 is 0 Å². The van der Waals surface area contributed by atoms with Gasteiger partial charge in [0.05, 0.1) is 12.6 Å². The van der Waals surface area contributed by atoms with E-state index in [1.807, 2.05) is 4.68 Å². The number of unbranched alkanes of at least 4 members (excludes halogenated alkanes) is 1. The molecule has 0 saturated carbocycles. The number of hydrogen-bond acceptors (Lipinski definition) is 4. The molecule has 0 fully saturated rings. The molecule has 1 unspecified atom stereocenters. The van der Waals surface area contributed by atoms with Crippen LogP contribution in [0.4, 0.5) is 0 Å². The van der Waals surface area contributed by atoms with Gasteiger partial charge in [0.1, 0.15) is 0 Å². The van der Waals surface area contributed by atoms with Crippen LogP contribution in [0.5, 0.6) is 0 Å². The summed E-state index contributed by atoms with van der Waals surface area (Å²) in [4.78, 5) is 0. The van der Waals surface area contributed by atoms with E-state index >= 15 is 0 Å². The zero-order valence-corrected chi connectivity index (χ0v) is 11.5. The summed E-state index contributed by atoms with van der Waals surface area (Å²) in [5.41, 5.74) is 0. The van der Waals surface area contributed by atoms with E-state index in [0.29, 0.717) is 12.0 Å². The third-order valence-electron chi connectivity index (χ3n) is 2.79. The van der Waals surface area contributed by atoms with Gasteiger partial charge in [-0.2, -0.15) is 0 Å². The van der Waals surface area contributed by atoms with Crippen LogP contribution in [0.3, 0.4) is 0 Å². The smallest absolute Gasteiger partial charge is 0.165 e. The van der Waals surface area contributed by atoms with Gasteiger partial charge in [-0.1, -0.05) is 33.6 Å². The molecule has 0 aromatic carbocycles. The van der Waals surface area contributed by atoms with E-state index in [2.05, 4.69) is 48.5 Å². The Morgan fingerprint density at radius 3 is 2.71 bits per heavy atom. The molecule has 5 heteroatoms. The standard InChI is InChI=1S/C12H25N5/c1-5-6-7-11(4)17-12(14-15-16-17)9-13-8-10(2)3/h10-11,13H,5-9H2,1-4H3. The summed E-state index contributed by atoms with van der Waals surface area (Å²) in [5.74, 6) is 1.59. The lowest BCUT2D eigenvalue weighted by Crippen LogP contribution is -2.22. The third-order valence-corrected chi connectivity index (χ3v) is 2.79. The van der Waals surface area contributed by atoms with E-state index < -0.39 is 0 Å². The fraction of sp³-hybridized carbons (Fsp3) is 0.917. The molecule has 0 aliphatic heterocycles. The van der Waals surface area contributed by atoms with Gasteiger partial charge in [0, 0.05) is 0 Å². The molecule has 1 aromatic rings. The van der Waals surface area contributed by atoms with Crippen molar-refractivity contribution in [1.29, 1.82) is 0 Å². The highest BCUT2D eigenvalue weighted by molar-refractivity contribution is 4.83. The molecule has 0 spiro atoms. The first kappa shape index (κ1) is 14.1. The molecule has 1 atom stereocenters. The molecule has 98 valence electrons. The molecular formula is C12H25N5. The Hall–Kier alpha value is -0.970. The molecule has 17 heavy (non-hydrogen) atoms. The predicted octanol–water partition coefficient (Wildman–Crippen LogP) is 2.17. The first-order valence-corrected chi connectivity index (χ1v) is 6.62. The zero-order chi connectivity index (χ0) is 12.7. The fourth-order valence-corrected chi connectivity index (χ4v) is 1.77. The van der Waals surface area contributed by atoms with E-state index in [1.165, 1.54) is 12.8 Å². The topological polar surface area (TPSA) is 55.6 Å². The van der Waals surface area contributed by atoms with Crippen LogP contribution in [0, 0.1) is 5.92 Å². The van der Waals surface area contributed by atoms with Gasteiger partial charge in [-0.3, -0.25) is 0 Å². The summed E-state index contributed by atoms with van der Waals surface area (Å²) in [6.07, 6.45) is 3.58. The minimum Gasteiger partial charge on any atom is -0.310 e. The van der Waals surface area contributed by atoms with Gasteiger partial charge in [-0.25, -0.2) is 4.68 Å². The third kappa shape index (κ3) is 4.81. The Labute approximate surface area is 104 Å². The summed E-state index contributed by atoms with van der Waals surface area (Å²) in [6, 6.07) is 0.390. The Balaban J connectivity index is 2.47. The summed E-state index contributed by atoms with van der Waals surface area (Å²) in [6.45, 7) is 10.5. The van der Waals surface area contributed by atoms with E-state index in [-0.39, 0.29) is 0 Å². The fourth-order valence-electron chi connectivity index (χ4n) is 1.77. The summed E-state index contributed by atoms with van der Waals surface area (Å²) >= 11 is 0. The monoisotopic (exact) mass is 239 g/mol. The first-order chi connectivity index (χ1) is 8.15. The van der Waals surface area contributed by atoms with E-state index in [4.69, 9.17) is 0 Å². The van der Waals surface area contributed by atoms with Crippen LogP contribution in [0.15, 0.2) is 0 Å². The summed E-state index contributed by atoms with van der Waals surface area (Å²) < 4.78 is 1.95. The second-order valence-corrected chi connectivity index (χ2v) is 5.06. The number of nitrogens with one attached hydrogen (secondary N) is 1. The van der Waals surface area contributed by atoms with Gasteiger partial charge >= 0.3 is 0 Å². The van der Waals surface area contributed by atoms with Crippen LogP contribution in [0.2, 0.25) is 0 Å². The Morgan fingerprint density at radius 1 is 1.29 bits per heavy atom. The highest BCUT2D eigenvalue weighted by Gasteiger charge is 2.12. The van der Waals surface area contributed by atoms with Crippen molar-refractivity contribution in [3.8, 4) is 0 Å². The Bertz CT molecular complexity index is 308. The largest absolute Gasteiger partial charge is 0.310 e. The molecule has 1 N–H and O–H groups in total. The van der Waals surface area contributed by atoms with Gasteiger partial charge in [0.25, 0.3) is 0 Å². The highest BCUT2D eigenvalue weighted by Crippen LogP contribution is 2.13. The van der Waals surface area contributed by atoms with E-state index in [0.717, 1.165) is 25.3 Å². The molecule has 1 heterocycles. The molecule has 0 aliphatic rings. The van der Waals surface area contributed by atoms with Gasteiger partial charge in [-0.15, -0.1) is 5.10 Å². The van der Waals surface area contributed by atoms with Crippen LogP contribution in [0.25, 0.3) is 0 Å². The van der Waals surface area contributed by atoms with Crippen molar-refractivity contribution in [3.63, 3.8) is 0 Å². The summed E-state index contributed by atoms with van der Waals surface area (Å²) in [5, 5.41) is 15.3. The van der Waals surface area contributed by atoms with E-state index in [9.17, 15) is 0 Å². The molecule has 0 radical (unpaired) electrons. The lowest BCUT2D eigenvalue weighted by Gasteiger charge is -2.13. The second-order valence-electron chi connectivity index (χ2n) is 5.06. The molecular weight excluding hydrogens is 214 g/mol. The number of aromatic nitrogens is 4. The van der Waals surface area contributed by atoms with Crippen LogP contribution in [0.1, 0.15) is 58.8 Å². The lowest BCUT2D eigenvalue weighted by atomic mass is 10.1. The Kier molecular flexibility index (Phi) is 6.11. The molecule has 0 amide bonds. The second kappa shape index (κ2) is 7.37. The van der Waals surface area contributed by atoms with Crippen molar-refractivity contribution >= 4 is 0 Å². The Morgan fingerprint density at radius 2 is 2.06 bits per heavy atom. The van der Waals surface area contributed by atoms with Crippen LogP contribution in [-0.4, -0.2) is 26.8 Å².